The van der Waals surface area contributed by atoms with Gasteiger partial charge in [0.2, 0.25) is 0 Å². The Morgan fingerprint density at radius 2 is 1.61 bits per heavy atom. The van der Waals surface area contributed by atoms with Crippen LogP contribution in [-0.2, 0) is 0 Å². The van der Waals surface area contributed by atoms with Crippen LogP contribution in [0.5, 0.6) is 11.5 Å². The summed E-state index contributed by atoms with van der Waals surface area (Å²) in [6, 6.07) is 18.3. The van der Waals surface area contributed by atoms with E-state index in [4.69, 9.17) is 9.47 Å². The zero-order valence-electron chi connectivity index (χ0n) is 14.4. The molecule has 0 aromatic heterocycles. The molecule has 0 aliphatic rings. The van der Waals surface area contributed by atoms with Crippen LogP contribution in [0.4, 0.5) is 0 Å². The lowest BCUT2D eigenvalue weighted by Gasteiger charge is -2.22. The van der Waals surface area contributed by atoms with Crippen molar-refractivity contribution < 1.29 is 9.47 Å². The Balaban J connectivity index is 2.08. The molecule has 0 saturated carbocycles. The van der Waals surface area contributed by atoms with E-state index < -0.39 is 0 Å². The summed E-state index contributed by atoms with van der Waals surface area (Å²) >= 11 is 0. The van der Waals surface area contributed by atoms with Gasteiger partial charge in [-0.1, -0.05) is 37.3 Å². The Morgan fingerprint density at radius 3 is 2.22 bits per heavy atom. The normalized spacial score (nSPS) is 12.2. The maximum Gasteiger partial charge on any atom is 0.125 e. The standard InChI is InChI=1S/C20H27NO2/c1-4-16-22-18-12-10-17(11-13-18)20(14-15-21(2)3)23-19-8-6-5-7-9-19/h5-13,20H,4,14-16H2,1-3H3. The minimum Gasteiger partial charge on any atom is -0.494 e. The second-order valence-electron chi connectivity index (χ2n) is 5.93. The van der Waals surface area contributed by atoms with Gasteiger partial charge in [-0.15, -0.1) is 0 Å². The summed E-state index contributed by atoms with van der Waals surface area (Å²) in [6.07, 6.45) is 2.00. The van der Waals surface area contributed by atoms with Gasteiger partial charge in [-0.05, 0) is 50.3 Å². The van der Waals surface area contributed by atoms with E-state index in [1.807, 2.05) is 42.5 Å². The Morgan fingerprint density at radius 1 is 0.913 bits per heavy atom. The van der Waals surface area contributed by atoms with Crippen molar-refractivity contribution in [3.05, 3.63) is 60.2 Å². The number of para-hydroxylation sites is 1. The topological polar surface area (TPSA) is 21.7 Å². The zero-order valence-corrected chi connectivity index (χ0v) is 14.4. The molecule has 23 heavy (non-hydrogen) atoms. The number of ether oxygens (including phenoxy) is 2. The number of rotatable bonds is 9. The van der Waals surface area contributed by atoms with Crippen LogP contribution in [0.3, 0.4) is 0 Å². The van der Waals surface area contributed by atoms with E-state index in [1.54, 1.807) is 0 Å². The monoisotopic (exact) mass is 313 g/mol. The van der Waals surface area contributed by atoms with E-state index in [2.05, 4.69) is 38.1 Å². The van der Waals surface area contributed by atoms with E-state index in [1.165, 1.54) is 5.56 Å². The van der Waals surface area contributed by atoms with Crippen LogP contribution in [0, 0.1) is 0 Å². The fraction of sp³-hybridized carbons (Fsp3) is 0.400. The summed E-state index contributed by atoms with van der Waals surface area (Å²) in [6.45, 7) is 3.84. The van der Waals surface area contributed by atoms with Crippen molar-refractivity contribution in [3.8, 4) is 11.5 Å². The highest BCUT2D eigenvalue weighted by molar-refractivity contribution is 5.30. The molecule has 0 aliphatic heterocycles. The maximum atomic E-state index is 6.20. The first-order chi connectivity index (χ1) is 11.2. The fourth-order valence-corrected chi connectivity index (χ4v) is 2.33. The Labute approximate surface area is 139 Å². The second-order valence-corrected chi connectivity index (χ2v) is 5.93. The molecule has 3 nitrogen and oxygen atoms in total. The van der Waals surface area contributed by atoms with E-state index in [9.17, 15) is 0 Å². The van der Waals surface area contributed by atoms with Crippen molar-refractivity contribution in [2.24, 2.45) is 0 Å². The smallest absolute Gasteiger partial charge is 0.125 e. The third-order valence-electron chi connectivity index (χ3n) is 3.58. The lowest BCUT2D eigenvalue weighted by atomic mass is 10.1. The molecule has 0 amide bonds. The molecule has 3 heteroatoms. The van der Waals surface area contributed by atoms with Gasteiger partial charge in [0.1, 0.15) is 17.6 Å². The molecular weight excluding hydrogens is 286 g/mol. The van der Waals surface area contributed by atoms with Crippen molar-refractivity contribution in [2.75, 3.05) is 27.2 Å². The molecule has 0 saturated heterocycles. The summed E-state index contributed by atoms with van der Waals surface area (Å²) in [5, 5.41) is 0. The Hall–Kier alpha value is -2.00. The quantitative estimate of drug-likeness (QED) is 0.678. The van der Waals surface area contributed by atoms with Gasteiger partial charge in [-0.2, -0.15) is 0 Å². The molecule has 0 N–H and O–H groups in total. The highest BCUT2D eigenvalue weighted by Crippen LogP contribution is 2.26. The molecule has 2 aromatic rings. The summed E-state index contributed by atoms with van der Waals surface area (Å²) in [5.41, 5.74) is 1.18. The molecule has 0 bridgehead atoms. The van der Waals surface area contributed by atoms with E-state index in [0.29, 0.717) is 0 Å². The van der Waals surface area contributed by atoms with Crippen molar-refractivity contribution in [3.63, 3.8) is 0 Å². The average molecular weight is 313 g/mol. The van der Waals surface area contributed by atoms with Crippen molar-refractivity contribution in [1.29, 1.82) is 0 Å². The maximum absolute atomic E-state index is 6.20. The predicted octanol–water partition coefficient (Wildman–Crippen LogP) is 4.55. The SMILES string of the molecule is CCCOc1ccc(C(CCN(C)C)Oc2ccccc2)cc1. The average Bonchev–Trinajstić information content (AvgIpc) is 2.58. The Bertz CT molecular complexity index is 552. The number of hydrogen-bond acceptors (Lipinski definition) is 3. The molecule has 0 heterocycles. The summed E-state index contributed by atoms with van der Waals surface area (Å²) in [4.78, 5) is 2.18. The first-order valence-corrected chi connectivity index (χ1v) is 8.28. The van der Waals surface area contributed by atoms with Crippen LogP contribution in [0.15, 0.2) is 54.6 Å². The van der Waals surface area contributed by atoms with E-state index in [-0.39, 0.29) is 6.10 Å². The molecule has 2 aromatic carbocycles. The number of hydrogen-bond donors (Lipinski definition) is 0. The van der Waals surface area contributed by atoms with Gasteiger partial charge in [0.05, 0.1) is 6.61 Å². The molecule has 0 fully saturated rings. The summed E-state index contributed by atoms with van der Waals surface area (Å²) in [7, 11) is 4.17. The summed E-state index contributed by atoms with van der Waals surface area (Å²) < 4.78 is 11.9. The lowest BCUT2D eigenvalue weighted by Crippen LogP contribution is -2.18. The molecule has 0 radical (unpaired) electrons. The van der Waals surface area contributed by atoms with Gasteiger partial charge in [-0.3, -0.25) is 0 Å². The third kappa shape index (κ3) is 5.95. The molecule has 1 unspecified atom stereocenters. The van der Waals surface area contributed by atoms with Crippen LogP contribution >= 0.6 is 0 Å². The van der Waals surface area contributed by atoms with Gasteiger partial charge in [0, 0.05) is 13.0 Å². The highest BCUT2D eigenvalue weighted by Gasteiger charge is 2.14. The van der Waals surface area contributed by atoms with Crippen LogP contribution in [0.25, 0.3) is 0 Å². The van der Waals surface area contributed by atoms with E-state index in [0.717, 1.165) is 37.5 Å². The predicted molar refractivity (Wildman–Crippen MR) is 95.2 cm³/mol. The van der Waals surface area contributed by atoms with Gasteiger partial charge in [0.15, 0.2) is 0 Å². The van der Waals surface area contributed by atoms with Crippen molar-refractivity contribution in [2.45, 2.75) is 25.9 Å². The van der Waals surface area contributed by atoms with Gasteiger partial charge in [-0.25, -0.2) is 0 Å². The van der Waals surface area contributed by atoms with Crippen LogP contribution in [0.1, 0.15) is 31.4 Å². The lowest BCUT2D eigenvalue weighted by molar-refractivity contribution is 0.179. The van der Waals surface area contributed by atoms with Gasteiger partial charge in [0.25, 0.3) is 0 Å². The van der Waals surface area contributed by atoms with Crippen LogP contribution in [-0.4, -0.2) is 32.1 Å². The molecule has 2 rings (SSSR count). The van der Waals surface area contributed by atoms with Crippen molar-refractivity contribution in [1.82, 2.24) is 4.90 Å². The molecule has 124 valence electrons. The first-order valence-electron chi connectivity index (χ1n) is 8.28. The minimum absolute atomic E-state index is 0.0417. The minimum atomic E-state index is 0.0417. The molecular formula is C20H27NO2. The number of benzene rings is 2. The van der Waals surface area contributed by atoms with Crippen LogP contribution in [0.2, 0.25) is 0 Å². The second kappa shape index (κ2) is 9.21. The van der Waals surface area contributed by atoms with Crippen molar-refractivity contribution >= 4 is 0 Å². The zero-order chi connectivity index (χ0) is 16.5. The van der Waals surface area contributed by atoms with Gasteiger partial charge >= 0.3 is 0 Å². The summed E-state index contributed by atoms with van der Waals surface area (Å²) in [5.74, 6) is 1.82. The fourth-order valence-electron chi connectivity index (χ4n) is 2.33. The van der Waals surface area contributed by atoms with E-state index >= 15 is 0 Å². The molecule has 0 spiro atoms. The molecule has 0 aliphatic carbocycles. The highest BCUT2D eigenvalue weighted by atomic mass is 16.5. The molecule has 1 atom stereocenters. The third-order valence-corrected chi connectivity index (χ3v) is 3.58. The van der Waals surface area contributed by atoms with Gasteiger partial charge < -0.3 is 14.4 Å². The largest absolute Gasteiger partial charge is 0.494 e. The number of nitrogens with zero attached hydrogens (tertiary/aromatic N) is 1. The van der Waals surface area contributed by atoms with Crippen LogP contribution < -0.4 is 9.47 Å². The first kappa shape index (κ1) is 17.4. The Kier molecular flexibility index (Phi) is 6.95.